The Labute approximate surface area is 179 Å². The van der Waals surface area contributed by atoms with Crippen LogP contribution in [0.15, 0.2) is 24.5 Å². The summed E-state index contributed by atoms with van der Waals surface area (Å²) >= 11 is 7.55. The molecule has 0 bridgehead atoms. The molecular formula is C20H17ClF2N6S. The van der Waals surface area contributed by atoms with Gasteiger partial charge < -0.3 is 16.4 Å². The van der Waals surface area contributed by atoms with Crippen molar-refractivity contribution in [1.82, 2.24) is 15.0 Å². The van der Waals surface area contributed by atoms with Crippen LogP contribution in [-0.2, 0) is 0 Å². The summed E-state index contributed by atoms with van der Waals surface area (Å²) in [5.41, 5.74) is 12.8. The molecule has 5 rings (SSSR count). The number of nitrogens with zero attached hydrogens (tertiary/aromatic N) is 4. The Balaban J connectivity index is 1.74. The lowest BCUT2D eigenvalue weighted by Gasteiger charge is -2.32. The molecule has 10 heteroatoms. The smallest absolute Gasteiger partial charge is 0.181 e. The molecule has 154 valence electrons. The number of hydrogen-bond donors (Lipinski definition) is 2. The Morgan fingerprint density at radius 1 is 1.20 bits per heavy atom. The minimum Gasteiger partial charge on any atom is -0.375 e. The number of thiazole rings is 1. The van der Waals surface area contributed by atoms with Crippen LogP contribution in [0.3, 0.4) is 0 Å². The summed E-state index contributed by atoms with van der Waals surface area (Å²) in [5, 5.41) is 0.866. The first kappa shape index (κ1) is 19.3. The summed E-state index contributed by atoms with van der Waals surface area (Å²) in [4.78, 5) is 14.8. The van der Waals surface area contributed by atoms with Crippen LogP contribution >= 0.6 is 22.9 Å². The number of halogens is 3. The predicted molar refractivity (Wildman–Crippen MR) is 117 cm³/mol. The summed E-state index contributed by atoms with van der Waals surface area (Å²) in [6.45, 7) is 1.40. The molecule has 1 aliphatic rings. The molecule has 0 spiro atoms. The van der Waals surface area contributed by atoms with Gasteiger partial charge in [0.15, 0.2) is 10.9 Å². The number of anilines is 2. The first-order valence-corrected chi connectivity index (χ1v) is 10.6. The molecule has 2 aromatic carbocycles. The highest BCUT2D eigenvalue weighted by Gasteiger charge is 2.25. The highest BCUT2D eigenvalue weighted by atomic mass is 35.5. The van der Waals surface area contributed by atoms with Gasteiger partial charge in [0.1, 0.15) is 23.5 Å². The molecule has 6 nitrogen and oxygen atoms in total. The average molecular weight is 447 g/mol. The van der Waals surface area contributed by atoms with Crippen LogP contribution in [0.1, 0.15) is 12.8 Å². The average Bonchev–Trinajstić information content (AvgIpc) is 3.12. The summed E-state index contributed by atoms with van der Waals surface area (Å²) in [7, 11) is 0. The molecule has 0 radical (unpaired) electrons. The first-order chi connectivity index (χ1) is 14.4. The molecule has 1 fully saturated rings. The SMILES string of the molecule is Nc1nc2c(-c3c(Cl)cc4c(N5CCC[C@@H](N)C5)ncnc4c3F)ccc(F)c2s1. The van der Waals surface area contributed by atoms with E-state index in [1.807, 2.05) is 4.90 Å². The molecular weight excluding hydrogens is 430 g/mol. The second kappa shape index (κ2) is 7.26. The molecule has 4 aromatic rings. The lowest BCUT2D eigenvalue weighted by molar-refractivity contribution is 0.504. The van der Waals surface area contributed by atoms with Crippen LogP contribution in [0.5, 0.6) is 0 Å². The molecule has 4 N–H and O–H groups in total. The third-order valence-corrected chi connectivity index (χ3v) is 6.53. The van der Waals surface area contributed by atoms with Crippen molar-refractivity contribution in [1.29, 1.82) is 0 Å². The Morgan fingerprint density at radius 3 is 2.83 bits per heavy atom. The van der Waals surface area contributed by atoms with Crippen LogP contribution in [0, 0.1) is 11.6 Å². The van der Waals surface area contributed by atoms with Gasteiger partial charge in [-0.15, -0.1) is 0 Å². The van der Waals surface area contributed by atoms with E-state index in [-0.39, 0.29) is 37.5 Å². The summed E-state index contributed by atoms with van der Waals surface area (Å²) in [6, 6.07) is 4.40. The third kappa shape index (κ3) is 3.05. The van der Waals surface area contributed by atoms with E-state index in [4.69, 9.17) is 23.1 Å². The lowest BCUT2D eigenvalue weighted by Crippen LogP contribution is -2.43. The maximum absolute atomic E-state index is 15.7. The van der Waals surface area contributed by atoms with Crippen molar-refractivity contribution in [2.24, 2.45) is 5.73 Å². The van der Waals surface area contributed by atoms with Gasteiger partial charge in [0.05, 0.1) is 15.2 Å². The summed E-state index contributed by atoms with van der Waals surface area (Å²) < 4.78 is 30.2. The molecule has 0 saturated carbocycles. The Hall–Kier alpha value is -2.62. The normalized spacial score (nSPS) is 17.2. The Bertz CT molecular complexity index is 1290. The molecule has 1 saturated heterocycles. The third-order valence-electron chi connectivity index (χ3n) is 5.34. The standard InChI is InChI=1S/C20H17ClF2N6S/c21-12-6-11-16(26-8-27-19(11)29-5-1-2-9(24)7-29)15(23)14(12)10-3-4-13(22)18-17(10)28-20(25)30-18/h3-4,6,8-9H,1-2,5,7,24H2,(H2,25,28)/t9-/m1/s1. The van der Waals surface area contributed by atoms with E-state index < -0.39 is 11.6 Å². The summed E-state index contributed by atoms with van der Waals surface area (Å²) in [6.07, 6.45) is 3.20. The fraction of sp³-hybridized carbons (Fsp3) is 0.250. The zero-order valence-electron chi connectivity index (χ0n) is 15.7. The molecule has 0 unspecified atom stereocenters. The molecule has 1 aliphatic heterocycles. The maximum Gasteiger partial charge on any atom is 0.181 e. The van der Waals surface area contributed by atoms with E-state index >= 15 is 4.39 Å². The van der Waals surface area contributed by atoms with Crippen molar-refractivity contribution in [3.8, 4) is 11.1 Å². The number of aromatic nitrogens is 3. The molecule has 1 atom stereocenters. The van der Waals surface area contributed by atoms with Gasteiger partial charge in [-0.1, -0.05) is 22.9 Å². The number of rotatable bonds is 2. The van der Waals surface area contributed by atoms with Gasteiger partial charge in [-0.3, -0.25) is 0 Å². The molecule has 30 heavy (non-hydrogen) atoms. The van der Waals surface area contributed by atoms with E-state index in [0.29, 0.717) is 23.3 Å². The second-order valence-electron chi connectivity index (χ2n) is 7.31. The first-order valence-electron chi connectivity index (χ1n) is 9.42. The lowest BCUT2D eigenvalue weighted by atomic mass is 10.0. The number of fused-ring (bicyclic) bond motifs is 2. The molecule has 2 aromatic heterocycles. The Kier molecular flexibility index (Phi) is 4.68. The van der Waals surface area contributed by atoms with E-state index in [1.54, 1.807) is 6.07 Å². The topological polar surface area (TPSA) is 94.0 Å². The monoisotopic (exact) mass is 446 g/mol. The van der Waals surface area contributed by atoms with Crippen molar-refractivity contribution < 1.29 is 8.78 Å². The van der Waals surface area contributed by atoms with Gasteiger partial charge >= 0.3 is 0 Å². The van der Waals surface area contributed by atoms with Gasteiger partial charge in [-0.25, -0.2) is 23.7 Å². The zero-order valence-corrected chi connectivity index (χ0v) is 17.3. The van der Waals surface area contributed by atoms with Crippen LogP contribution in [-0.4, -0.2) is 34.1 Å². The molecule has 0 aliphatic carbocycles. The minimum atomic E-state index is -0.609. The van der Waals surface area contributed by atoms with Crippen LogP contribution in [0.4, 0.5) is 19.7 Å². The van der Waals surface area contributed by atoms with Crippen molar-refractivity contribution in [3.05, 3.63) is 41.2 Å². The minimum absolute atomic E-state index is 0.0333. The van der Waals surface area contributed by atoms with Gasteiger partial charge in [-0.2, -0.15) is 0 Å². The maximum atomic E-state index is 15.7. The van der Waals surface area contributed by atoms with E-state index in [2.05, 4.69) is 15.0 Å². The number of benzene rings is 2. The predicted octanol–water partition coefficient (Wildman–Crippen LogP) is 4.35. The van der Waals surface area contributed by atoms with Crippen molar-refractivity contribution in [2.75, 3.05) is 23.7 Å². The van der Waals surface area contributed by atoms with Crippen molar-refractivity contribution in [3.63, 3.8) is 0 Å². The zero-order chi connectivity index (χ0) is 21.0. The second-order valence-corrected chi connectivity index (χ2v) is 8.75. The van der Waals surface area contributed by atoms with Gasteiger partial charge in [0, 0.05) is 35.6 Å². The van der Waals surface area contributed by atoms with Crippen LogP contribution in [0.2, 0.25) is 5.02 Å². The quantitative estimate of drug-likeness (QED) is 0.475. The number of hydrogen-bond acceptors (Lipinski definition) is 7. The van der Waals surface area contributed by atoms with Gasteiger partial charge in [0.2, 0.25) is 0 Å². The van der Waals surface area contributed by atoms with E-state index in [9.17, 15) is 4.39 Å². The number of nitrogens with two attached hydrogens (primary N) is 2. The fourth-order valence-corrected chi connectivity index (χ4v) is 5.07. The Morgan fingerprint density at radius 2 is 2.03 bits per heavy atom. The highest BCUT2D eigenvalue weighted by Crippen LogP contribution is 2.42. The van der Waals surface area contributed by atoms with Crippen LogP contribution < -0.4 is 16.4 Å². The highest BCUT2D eigenvalue weighted by molar-refractivity contribution is 7.22. The largest absolute Gasteiger partial charge is 0.375 e. The van der Waals surface area contributed by atoms with E-state index in [0.717, 1.165) is 30.7 Å². The van der Waals surface area contributed by atoms with Crippen molar-refractivity contribution >= 4 is 55.0 Å². The van der Waals surface area contributed by atoms with Crippen molar-refractivity contribution in [2.45, 2.75) is 18.9 Å². The van der Waals surface area contributed by atoms with E-state index in [1.165, 1.54) is 18.5 Å². The van der Waals surface area contributed by atoms with Crippen LogP contribution in [0.25, 0.3) is 32.2 Å². The van der Waals surface area contributed by atoms with Gasteiger partial charge in [-0.05, 0) is 31.0 Å². The molecule has 3 heterocycles. The number of piperidine rings is 1. The summed E-state index contributed by atoms with van der Waals surface area (Å²) in [5.74, 6) is -0.474. The fourth-order valence-electron chi connectivity index (χ4n) is 4.01. The molecule has 0 amide bonds. The van der Waals surface area contributed by atoms with Gasteiger partial charge in [0.25, 0.3) is 0 Å². The number of nitrogen functional groups attached to an aromatic ring is 1.